The van der Waals surface area contributed by atoms with Crippen LogP contribution in [-0.2, 0) is 0 Å². The van der Waals surface area contributed by atoms with Crippen LogP contribution in [0.4, 0.5) is 0 Å². The van der Waals surface area contributed by atoms with Crippen LogP contribution in [0.1, 0.15) is 181 Å². The van der Waals surface area contributed by atoms with Gasteiger partial charge in [-0.3, -0.25) is 0 Å². The van der Waals surface area contributed by atoms with Gasteiger partial charge in [-0.15, -0.1) is 0 Å². The molecule has 0 aliphatic carbocycles. The Morgan fingerprint density at radius 1 is 0.400 bits per heavy atom. The minimum absolute atomic E-state index is 0.0749. The standard InChI is InChI=1S/C12H24O2.C12H26O.C12H24O/c1-2-3-4-5-6-7-8-9-12(14)10-11-13;2*1-2-3-4-5-6-7-8-9-10-11-12-13/h7-8,12-14H,2-6,9-11H2,1H3;13H,2-12H2,1H3;7-8,13H,2-6,9-12H2,1H3/b8-7-;;8-7-/t12-;;/m1../s1. The van der Waals surface area contributed by atoms with Crippen molar-refractivity contribution in [3.8, 4) is 0 Å². The van der Waals surface area contributed by atoms with Gasteiger partial charge in [-0.1, -0.05) is 141 Å². The zero-order valence-corrected chi connectivity index (χ0v) is 27.5. The second-order valence-electron chi connectivity index (χ2n) is 11.2. The van der Waals surface area contributed by atoms with Gasteiger partial charge in [-0.05, 0) is 64.2 Å². The zero-order valence-electron chi connectivity index (χ0n) is 27.5. The molecular formula is C36H74O4. The molecule has 0 aliphatic rings. The smallest absolute Gasteiger partial charge is 0.0596 e. The molecule has 0 fully saturated rings. The molecule has 0 rings (SSSR count). The second kappa shape index (κ2) is 45.3. The summed E-state index contributed by atoms with van der Waals surface area (Å²) in [6, 6.07) is 0. The van der Waals surface area contributed by atoms with E-state index in [2.05, 4.69) is 39.0 Å². The van der Waals surface area contributed by atoms with E-state index in [-0.39, 0.29) is 12.7 Å². The van der Waals surface area contributed by atoms with Gasteiger partial charge in [0.05, 0.1) is 6.10 Å². The van der Waals surface area contributed by atoms with E-state index in [0.29, 0.717) is 26.1 Å². The number of aliphatic hydroxyl groups is 4. The highest BCUT2D eigenvalue weighted by molar-refractivity contribution is 4.84. The van der Waals surface area contributed by atoms with Gasteiger partial charge in [0.1, 0.15) is 0 Å². The first-order valence-corrected chi connectivity index (χ1v) is 17.4. The molecule has 0 bridgehead atoms. The molecule has 0 saturated carbocycles. The summed E-state index contributed by atoms with van der Waals surface area (Å²) in [6.45, 7) is 7.49. The van der Waals surface area contributed by atoms with E-state index in [1.54, 1.807) is 0 Å². The highest BCUT2D eigenvalue weighted by atomic mass is 16.3. The van der Waals surface area contributed by atoms with E-state index < -0.39 is 0 Å². The van der Waals surface area contributed by atoms with E-state index in [9.17, 15) is 5.11 Å². The maximum Gasteiger partial charge on any atom is 0.0596 e. The Labute approximate surface area is 251 Å². The Kier molecular flexibility index (Phi) is 49.6. The van der Waals surface area contributed by atoms with Crippen LogP contribution < -0.4 is 0 Å². The Hall–Kier alpha value is -0.680. The highest BCUT2D eigenvalue weighted by Gasteiger charge is 1.98. The lowest BCUT2D eigenvalue weighted by atomic mass is 10.1. The lowest BCUT2D eigenvalue weighted by Gasteiger charge is -2.03. The molecule has 0 amide bonds. The van der Waals surface area contributed by atoms with Crippen LogP contribution in [-0.4, -0.2) is 46.4 Å². The van der Waals surface area contributed by atoms with Gasteiger partial charge in [-0.25, -0.2) is 0 Å². The average Bonchev–Trinajstić information content (AvgIpc) is 2.96. The highest BCUT2D eigenvalue weighted by Crippen LogP contribution is 2.10. The lowest BCUT2D eigenvalue weighted by Crippen LogP contribution is -2.06. The van der Waals surface area contributed by atoms with E-state index in [4.69, 9.17) is 15.3 Å². The molecule has 0 spiro atoms. The maximum absolute atomic E-state index is 9.28. The second-order valence-corrected chi connectivity index (χ2v) is 11.2. The van der Waals surface area contributed by atoms with E-state index in [1.165, 1.54) is 116 Å². The molecule has 242 valence electrons. The molecule has 0 heterocycles. The van der Waals surface area contributed by atoms with Crippen LogP contribution in [0, 0.1) is 0 Å². The quantitative estimate of drug-likeness (QED) is 0.0557. The van der Waals surface area contributed by atoms with Crippen molar-refractivity contribution in [3.05, 3.63) is 24.3 Å². The van der Waals surface area contributed by atoms with Gasteiger partial charge in [0, 0.05) is 19.8 Å². The fourth-order valence-corrected chi connectivity index (χ4v) is 4.22. The molecule has 0 unspecified atom stereocenters. The first-order valence-electron chi connectivity index (χ1n) is 17.4. The Balaban J connectivity index is -0.000000514. The van der Waals surface area contributed by atoms with Crippen molar-refractivity contribution >= 4 is 0 Å². The third-order valence-corrected chi connectivity index (χ3v) is 6.94. The fourth-order valence-electron chi connectivity index (χ4n) is 4.22. The van der Waals surface area contributed by atoms with Gasteiger partial charge in [0.25, 0.3) is 0 Å². The van der Waals surface area contributed by atoms with Crippen LogP contribution >= 0.6 is 0 Å². The summed E-state index contributed by atoms with van der Waals surface area (Å²) in [5.74, 6) is 0. The van der Waals surface area contributed by atoms with Crippen LogP contribution in [0.3, 0.4) is 0 Å². The molecule has 40 heavy (non-hydrogen) atoms. The molecular weight excluding hydrogens is 496 g/mol. The summed E-state index contributed by atoms with van der Waals surface area (Å²) in [5, 5.41) is 34.9. The van der Waals surface area contributed by atoms with Crippen LogP contribution in [0.25, 0.3) is 0 Å². The van der Waals surface area contributed by atoms with Gasteiger partial charge in [0.2, 0.25) is 0 Å². The monoisotopic (exact) mass is 571 g/mol. The maximum atomic E-state index is 9.28. The van der Waals surface area contributed by atoms with Gasteiger partial charge >= 0.3 is 0 Å². The fraction of sp³-hybridized carbons (Fsp3) is 0.889. The van der Waals surface area contributed by atoms with Crippen molar-refractivity contribution in [1.82, 2.24) is 0 Å². The van der Waals surface area contributed by atoms with Crippen LogP contribution in [0.15, 0.2) is 24.3 Å². The van der Waals surface area contributed by atoms with E-state index >= 15 is 0 Å². The molecule has 0 aromatic heterocycles. The van der Waals surface area contributed by atoms with Crippen molar-refractivity contribution < 1.29 is 20.4 Å². The molecule has 0 saturated heterocycles. The zero-order chi connectivity index (χ0) is 30.2. The minimum atomic E-state index is -0.369. The normalized spacial score (nSPS) is 11.9. The number of aliphatic hydroxyl groups excluding tert-OH is 4. The molecule has 0 aromatic rings. The number of allylic oxidation sites excluding steroid dienone is 3. The number of rotatable bonds is 28. The predicted molar refractivity (Wildman–Crippen MR) is 178 cm³/mol. The molecule has 0 aliphatic heterocycles. The summed E-state index contributed by atoms with van der Waals surface area (Å²) in [5.41, 5.74) is 0. The first-order chi connectivity index (χ1) is 19.6. The third kappa shape index (κ3) is 50.2. The average molecular weight is 571 g/mol. The largest absolute Gasteiger partial charge is 0.396 e. The summed E-state index contributed by atoms with van der Waals surface area (Å²) >= 11 is 0. The molecule has 0 aromatic carbocycles. The van der Waals surface area contributed by atoms with Crippen LogP contribution in [0.2, 0.25) is 0 Å². The minimum Gasteiger partial charge on any atom is -0.396 e. The summed E-state index contributed by atoms with van der Waals surface area (Å²) in [4.78, 5) is 0. The topological polar surface area (TPSA) is 80.9 Å². The number of unbranched alkanes of at least 4 members (excludes halogenated alkanes) is 19. The Morgan fingerprint density at radius 2 is 0.725 bits per heavy atom. The molecule has 4 heteroatoms. The van der Waals surface area contributed by atoms with E-state index in [1.807, 2.05) is 6.08 Å². The summed E-state index contributed by atoms with van der Waals surface area (Å²) < 4.78 is 0. The Bertz CT molecular complexity index is 440. The number of hydrogen-bond donors (Lipinski definition) is 4. The van der Waals surface area contributed by atoms with Crippen molar-refractivity contribution in [2.75, 3.05) is 19.8 Å². The molecule has 4 N–H and O–H groups in total. The number of hydrogen-bond acceptors (Lipinski definition) is 4. The van der Waals surface area contributed by atoms with Gasteiger partial charge in [-0.2, -0.15) is 0 Å². The van der Waals surface area contributed by atoms with Crippen LogP contribution in [0.5, 0.6) is 0 Å². The van der Waals surface area contributed by atoms with Crippen molar-refractivity contribution in [2.24, 2.45) is 0 Å². The van der Waals surface area contributed by atoms with Gasteiger partial charge < -0.3 is 20.4 Å². The first kappa shape index (κ1) is 43.8. The predicted octanol–water partition coefficient (Wildman–Crippen LogP) is 10.2. The molecule has 4 nitrogen and oxygen atoms in total. The summed E-state index contributed by atoms with van der Waals surface area (Å²) in [7, 11) is 0. The molecule has 1 atom stereocenters. The van der Waals surface area contributed by atoms with Crippen molar-refractivity contribution in [2.45, 2.75) is 187 Å². The lowest BCUT2D eigenvalue weighted by molar-refractivity contribution is 0.135. The summed E-state index contributed by atoms with van der Waals surface area (Å²) in [6.07, 6.45) is 38.9. The Morgan fingerprint density at radius 3 is 1.12 bits per heavy atom. The van der Waals surface area contributed by atoms with Crippen molar-refractivity contribution in [3.63, 3.8) is 0 Å². The van der Waals surface area contributed by atoms with Crippen molar-refractivity contribution in [1.29, 1.82) is 0 Å². The van der Waals surface area contributed by atoms with Gasteiger partial charge in [0.15, 0.2) is 0 Å². The third-order valence-electron chi connectivity index (χ3n) is 6.94. The SMILES string of the molecule is CCCCCC/C=C\CCCCO.CCCCCC/C=C\C[C@@H](O)CCO.CCCCCCCCCCCCO. The molecule has 0 radical (unpaired) electrons. The van der Waals surface area contributed by atoms with E-state index in [0.717, 1.165) is 32.1 Å².